The first-order chi connectivity index (χ1) is 9.62. The molecule has 1 saturated carbocycles. The molecule has 108 valence electrons. The van der Waals surface area contributed by atoms with Crippen molar-refractivity contribution in [2.45, 2.75) is 32.2 Å². The summed E-state index contributed by atoms with van der Waals surface area (Å²) in [5, 5.41) is 9.50. The van der Waals surface area contributed by atoms with E-state index in [1.807, 2.05) is 10.8 Å². The summed E-state index contributed by atoms with van der Waals surface area (Å²) in [4.78, 5) is 29.5. The highest BCUT2D eigenvalue weighted by molar-refractivity contribution is 5.81. The van der Waals surface area contributed by atoms with Crippen molar-refractivity contribution in [3.8, 4) is 0 Å². The molecule has 1 amide bonds. The maximum absolute atomic E-state index is 12.2. The van der Waals surface area contributed by atoms with Crippen LogP contribution in [0.4, 0.5) is 0 Å². The summed E-state index contributed by atoms with van der Waals surface area (Å²) in [7, 11) is 0. The molecule has 1 aromatic rings. The maximum atomic E-state index is 12.2. The average molecular weight is 277 g/mol. The van der Waals surface area contributed by atoms with E-state index in [1.165, 1.54) is 0 Å². The van der Waals surface area contributed by atoms with Gasteiger partial charge in [-0.05, 0) is 18.8 Å². The standard InChI is InChI=1S/C14H19N3O3/c18-12(3-6-16-7-5-15-10-16)17-8-11-2-1-4-14(11,9-17)13(19)20/h5,7,10-11H,1-4,6,8-9H2,(H,19,20)/t11-,14+/m0/s1. The Bertz CT molecular complexity index is 514. The average Bonchev–Trinajstić information content (AvgIpc) is 3.10. The van der Waals surface area contributed by atoms with E-state index in [9.17, 15) is 14.7 Å². The first-order valence-electron chi connectivity index (χ1n) is 7.09. The van der Waals surface area contributed by atoms with Gasteiger partial charge in [0, 0.05) is 38.4 Å². The molecule has 1 aliphatic heterocycles. The van der Waals surface area contributed by atoms with E-state index in [4.69, 9.17) is 0 Å². The number of imidazole rings is 1. The highest BCUT2D eigenvalue weighted by Crippen LogP contribution is 2.48. The van der Waals surface area contributed by atoms with E-state index >= 15 is 0 Å². The number of likely N-dealkylation sites (tertiary alicyclic amines) is 1. The molecule has 0 spiro atoms. The number of hydrogen-bond donors (Lipinski definition) is 1. The molecule has 0 unspecified atom stereocenters. The summed E-state index contributed by atoms with van der Waals surface area (Å²) in [5.74, 6) is -0.546. The molecule has 2 heterocycles. The first-order valence-corrected chi connectivity index (χ1v) is 7.09. The Balaban J connectivity index is 1.62. The van der Waals surface area contributed by atoms with Crippen molar-refractivity contribution in [1.29, 1.82) is 0 Å². The first kappa shape index (κ1) is 13.1. The van der Waals surface area contributed by atoms with Crippen LogP contribution in [0.25, 0.3) is 0 Å². The van der Waals surface area contributed by atoms with Gasteiger partial charge in [0.25, 0.3) is 0 Å². The topological polar surface area (TPSA) is 75.4 Å². The molecule has 3 rings (SSSR count). The number of carbonyl (C=O) groups excluding carboxylic acids is 1. The van der Waals surface area contributed by atoms with Crippen LogP contribution in [0.1, 0.15) is 25.7 Å². The molecule has 0 radical (unpaired) electrons. The fraction of sp³-hybridized carbons (Fsp3) is 0.643. The van der Waals surface area contributed by atoms with Gasteiger partial charge in [-0.1, -0.05) is 6.42 Å². The van der Waals surface area contributed by atoms with Crippen molar-refractivity contribution in [3.63, 3.8) is 0 Å². The largest absolute Gasteiger partial charge is 0.481 e. The zero-order valence-electron chi connectivity index (χ0n) is 11.4. The lowest BCUT2D eigenvalue weighted by atomic mass is 9.81. The van der Waals surface area contributed by atoms with Gasteiger partial charge in [0.2, 0.25) is 5.91 Å². The second-order valence-corrected chi connectivity index (χ2v) is 5.88. The molecule has 0 bridgehead atoms. The van der Waals surface area contributed by atoms with Gasteiger partial charge >= 0.3 is 5.97 Å². The fourth-order valence-electron chi connectivity index (χ4n) is 3.63. The van der Waals surface area contributed by atoms with Crippen molar-refractivity contribution >= 4 is 11.9 Å². The zero-order chi connectivity index (χ0) is 14.2. The molecule has 1 N–H and O–H groups in total. The number of fused-ring (bicyclic) bond motifs is 1. The van der Waals surface area contributed by atoms with Crippen molar-refractivity contribution in [1.82, 2.24) is 14.5 Å². The Hall–Kier alpha value is -1.85. The number of aliphatic carboxylic acids is 1. The number of amides is 1. The molecule has 1 aromatic heterocycles. The van der Waals surface area contributed by atoms with Crippen molar-refractivity contribution < 1.29 is 14.7 Å². The SMILES string of the molecule is O=C(CCn1ccnc1)N1C[C@@H]2CCC[C@@]2(C(=O)O)C1. The molecule has 2 aliphatic rings. The minimum atomic E-state index is -0.732. The van der Waals surface area contributed by atoms with Crippen LogP contribution >= 0.6 is 0 Å². The highest BCUT2D eigenvalue weighted by atomic mass is 16.4. The third kappa shape index (κ3) is 2.09. The Labute approximate surface area is 117 Å². The van der Waals surface area contributed by atoms with Crippen LogP contribution in [0.3, 0.4) is 0 Å². The van der Waals surface area contributed by atoms with Crippen LogP contribution in [0.15, 0.2) is 18.7 Å². The summed E-state index contributed by atoms with van der Waals surface area (Å²) in [6.07, 6.45) is 8.20. The number of carbonyl (C=O) groups is 2. The van der Waals surface area contributed by atoms with Crippen molar-refractivity contribution in [2.75, 3.05) is 13.1 Å². The van der Waals surface area contributed by atoms with Gasteiger partial charge in [0.05, 0.1) is 11.7 Å². The molecule has 1 aliphatic carbocycles. The van der Waals surface area contributed by atoms with Gasteiger partial charge < -0.3 is 14.6 Å². The monoisotopic (exact) mass is 277 g/mol. The maximum Gasteiger partial charge on any atom is 0.311 e. The Morgan fingerprint density at radius 1 is 1.45 bits per heavy atom. The molecule has 1 saturated heterocycles. The predicted octanol–water partition coefficient (Wildman–Crippen LogP) is 0.987. The van der Waals surface area contributed by atoms with Crippen LogP contribution < -0.4 is 0 Å². The fourth-order valence-corrected chi connectivity index (χ4v) is 3.63. The second kappa shape index (κ2) is 4.92. The van der Waals surface area contributed by atoms with Gasteiger partial charge in [0.1, 0.15) is 0 Å². The number of aryl methyl sites for hydroxylation is 1. The Kier molecular flexibility index (Phi) is 3.23. The quantitative estimate of drug-likeness (QED) is 0.890. The Morgan fingerprint density at radius 3 is 2.95 bits per heavy atom. The third-order valence-corrected chi connectivity index (χ3v) is 4.79. The van der Waals surface area contributed by atoms with E-state index in [2.05, 4.69) is 4.98 Å². The lowest BCUT2D eigenvalue weighted by molar-refractivity contribution is -0.149. The normalized spacial score (nSPS) is 28.6. The van der Waals surface area contributed by atoms with Crippen LogP contribution in [0, 0.1) is 11.3 Å². The molecule has 2 atom stereocenters. The van der Waals surface area contributed by atoms with Gasteiger partial charge in [-0.2, -0.15) is 0 Å². The number of aromatic nitrogens is 2. The van der Waals surface area contributed by atoms with E-state index in [1.54, 1.807) is 17.4 Å². The minimum Gasteiger partial charge on any atom is -0.481 e. The van der Waals surface area contributed by atoms with E-state index < -0.39 is 11.4 Å². The van der Waals surface area contributed by atoms with Crippen LogP contribution in [-0.2, 0) is 16.1 Å². The van der Waals surface area contributed by atoms with E-state index in [0.29, 0.717) is 32.5 Å². The summed E-state index contributed by atoms with van der Waals surface area (Å²) in [6.45, 7) is 1.59. The summed E-state index contributed by atoms with van der Waals surface area (Å²) in [6, 6.07) is 0. The molecule has 6 nitrogen and oxygen atoms in total. The van der Waals surface area contributed by atoms with Crippen LogP contribution in [0.2, 0.25) is 0 Å². The number of carboxylic acid groups (broad SMARTS) is 1. The van der Waals surface area contributed by atoms with Crippen LogP contribution in [0.5, 0.6) is 0 Å². The molecular formula is C14H19N3O3. The van der Waals surface area contributed by atoms with Crippen LogP contribution in [-0.4, -0.2) is 44.5 Å². The summed E-state index contributed by atoms with van der Waals surface area (Å²) in [5.41, 5.74) is -0.676. The minimum absolute atomic E-state index is 0.0497. The smallest absolute Gasteiger partial charge is 0.311 e. The number of nitrogens with zero attached hydrogens (tertiary/aromatic N) is 3. The predicted molar refractivity (Wildman–Crippen MR) is 70.8 cm³/mol. The molecule has 6 heteroatoms. The number of hydrogen-bond acceptors (Lipinski definition) is 3. The molecule has 20 heavy (non-hydrogen) atoms. The number of carboxylic acids is 1. The van der Waals surface area contributed by atoms with Gasteiger partial charge in [-0.25, -0.2) is 4.98 Å². The zero-order valence-corrected chi connectivity index (χ0v) is 11.4. The van der Waals surface area contributed by atoms with Gasteiger partial charge in [-0.3, -0.25) is 9.59 Å². The molecular weight excluding hydrogens is 258 g/mol. The lowest BCUT2D eigenvalue weighted by Gasteiger charge is -2.23. The van der Waals surface area contributed by atoms with Gasteiger partial charge in [-0.15, -0.1) is 0 Å². The lowest BCUT2D eigenvalue weighted by Crippen LogP contribution is -2.37. The number of rotatable bonds is 4. The van der Waals surface area contributed by atoms with Gasteiger partial charge in [0.15, 0.2) is 0 Å². The van der Waals surface area contributed by atoms with Crippen molar-refractivity contribution in [2.24, 2.45) is 11.3 Å². The highest BCUT2D eigenvalue weighted by Gasteiger charge is 2.55. The summed E-state index contributed by atoms with van der Waals surface area (Å²) >= 11 is 0. The molecule has 0 aromatic carbocycles. The third-order valence-electron chi connectivity index (χ3n) is 4.79. The molecule has 2 fully saturated rings. The van der Waals surface area contributed by atoms with E-state index in [0.717, 1.165) is 12.8 Å². The Morgan fingerprint density at radius 2 is 2.30 bits per heavy atom. The van der Waals surface area contributed by atoms with Crippen molar-refractivity contribution in [3.05, 3.63) is 18.7 Å². The summed E-state index contributed by atoms with van der Waals surface area (Å²) < 4.78 is 1.86. The van der Waals surface area contributed by atoms with E-state index in [-0.39, 0.29) is 11.8 Å². The second-order valence-electron chi connectivity index (χ2n) is 5.88.